The van der Waals surface area contributed by atoms with E-state index in [4.69, 9.17) is 4.74 Å². The number of hydrogen-bond donors (Lipinski definition) is 2. The molecular weight excluding hydrogens is 426 g/mol. The summed E-state index contributed by atoms with van der Waals surface area (Å²) in [4.78, 5) is 25.4. The first-order valence-electron chi connectivity index (χ1n) is 11.0. The first-order chi connectivity index (χ1) is 16.7. The maximum Gasteiger partial charge on any atom is 0.287 e. The topological polar surface area (TPSA) is 79.8 Å². The Morgan fingerprint density at radius 1 is 0.912 bits per heavy atom. The Morgan fingerprint density at radius 3 is 2.32 bits per heavy atom. The fourth-order valence-electron chi connectivity index (χ4n) is 2.93. The molecule has 0 radical (unpaired) electrons. The van der Waals surface area contributed by atoms with E-state index in [0.29, 0.717) is 17.9 Å². The van der Waals surface area contributed by atoms with Gasteiger partial charge in [-0.1, -0.05) is 79.7 Å². The van der Waals surface area contributed by atoms with E-state index in [1.165, 1.54) is 12.3 Å². The van der Waals surface area contributed by atoms with Crippen LogP contribution in [0.2, 0.25) is 0 Å². The van der Waals surface area contributed by atoms with Gasteiger partial charge in [-0.05, 0) is 42.3 Å². The van der Waals surface area contributed by atoms with Crippen LogP contribution in [-0.2, 0) is 4.79 Å². The second kappa shape index (κ2) is 13.2. The van der Waals surface area contributed by atoms with Crippen LogP contribution in [0.4, 0.5) is 0 Å². The fourth-order valence-corrected chi connectivity index (χ4v) is 2.93. The van der Waals surface area contributed by atoms with Gasteiger partial charge in [-0.15, -0.1) is 0 Å². The van der Waals surface area contributed by atoms with Gasteiger partial charge in [0.2, 0.25) is 0 Å². The van der Waals surface area contributed by atoms with Crippen LogP contribution in [0.1, 0.15) is 34.8 Å². The van der Waals surface area contributed by atoms with Crippen molar-refractivity contribution in [3.63, 3.8) is 0 Å². The molecular formula is C28H27N3O3. The van der Waals surface area contributed by atoms with E-state index in [2.05, 4.69) is 15.8 Å². The summed E-state index contributed by atoms with van der Waals surface area (Å²) in [5.74, 6) is -0.260. The van der Waals surface area contributed by atoms with Crippen LogP contribution >= 0.6 is 0 Å². The van der Waals surface area contributed by atoms with E-state index in [9.17, 15) is 9.59 Å². The molecule has 0 atom stereocenters. The molecule has 2 amide bonds. The SMILES string of the molecule is CCCOc1ccccc1/C=N\NC(=O)/C(=C\C=C\c1ccccc1)NC(=O)c1ccccc1. The molecule has 0 saturated carbocycles. The van der Waals surface area contributed by atoms with Gasteiger partial charge in [-0.25, -0.2) is 5.43 Å². The van der Waals surface area contributed by atoms with Crippen molar-refractivity contribution in [2.45, 2.75) is 13.3 Å². The van der Waals surface area contributed by atoms with Crippen molar-refractivity contribution in [2.75, 3.05) is 6.61 Å². The summed E-state index contributed by atoms with van der Waals surface area (Å²) in [5.41, 5.74) is 4.69. The molecule has 6 heteroatoms. The summed E-state index contributed by atoms with van der Waals surface area (Å²) >= 11 is 0. The zero-order valence-electron chi connectivity index (χ0n) is 19.0. The van der Waals surface area contributed by atoms with Gasteiger partial charge in [0, 0.05) is 11.1 Å². The molecule has 0 aliphatic rings. The zero-order valence-corrected chi connectivity index (χ0v) is 19.0. The highest BCUT2D eigenvalue weighted by molar-refractivity contribution is 6.03. The predicted molar refractivity (Wildman–Crippen MR) is 135 cm³/mol. The Kier molecular flexibility index (Phi) is 9.38. The minimum atomic E-state index is -0.551. The first-order valence-corrected chi connectivity index (χ1v) is 11.0. The number of para-hydroxylation sites is 1. The smallest absolute Gasteiger partial charge is 0.287 e. The van der Waals surface area contributed by atoms with E-state index in [-0.39, 0.29) is 5.70 Å². The lowest BCUT2D eigenvalue weighted by Crippen LogP contribution is -2.32. The van der Waals surface area contributed by atoms with Crippen molar-refractivity contribution in [2.24, 2.45) is 5.10 Å². The number of ether oxygens (including phenoxy) is 1. The predicted octanol–water partition coefficient (Wildman–Crippen LogP) is 4.95. The molecule has 0 bridgehead atoms. The van der Waals surface area contributed by atoms with Crippen molar-refractivity contribution in [3.8, 4) is 5.75 Å². The molecule has 2 N–H and O–H groups in total. The summed E-state index contributed by atoms with van der Waals surface area (Å²) in [6, 6.07) is 25.8. The van der Waals surface area contributed by atoms with Gasteiger partial charge in [0.1, 0.15) is 11.4 Å². The minimum absolute atomic E-state index is 0.0636. The van der Waals surface area contributed by atoms with E-state index in [1.54, 1.807) is 30.3 Å². The van der Waals surface area contributed by atoms with E-state index < -0.39 is 11.8 Å². The molecule has 0 aliphatic carbocycles. The number of amides is 2. The molecule has 34 heavy (non-hydrogen) atoms. The van der Waals surface area contributed by atoms with Gasteiger partial charge in [0.05, 0.1) is 12.8 Å². The Labute approximate surface area is 199 Å². The number of carbonyl (C=O) groups is 2. The number of benzene rings is 3. The third-order valence-corrected chi connectivity index (χ3v) is 4.63. The Hall–Kier alpha value is -4.45. The highest BCUT2D eigenvalue weighted by Gasteiger charge is 2.13. The van der Waals surface area contributed by atoms with Gasteiger partial charge in [0.25, 0.3) is 11.8 Å². The second-order valence-electron chi connectivity index (χ2n) is 7.26. The molecule has 0 fully saturated rings. The molecule has 0 heterocycles. The zero-order chi connectivity index (χ0) is 24.0. The summed E-state index contributed by atoms with van der Waals surface area (Å²) in [7, 11) is 0. The van der Waals surface area contributed by atoms with Gasteiger partial charge in [0.15, 0.2) is 0 Å². The number of nitrogens with one attached hydrogen (secondary N) is 2. The standard InChI is InChI=1S/C28H27N3O3/c1-2-20-34-26-19-10-9-17-24(26)21-29-31-28(33)25(18-11-14-22-12-5-3-6-13-22)30-27(32)23-15-7-4-8-16-23/h3-19,21H,2,20H2,1H3,(H,30,32)(H,31,33)/b14-11+,25-18+,29-21-. The molecule has 0 aliphatic heterocycles. The molecule has 3 aromatic rings. The van der Waals surface area contributed by atoms with Crippen LogP contribution in [0.3, 0.4) is 0 Å². The van der Waals surface area contributed by atoms with Crippen molar-refractivity contribution in [1.29, 1.82) is 0 Å². The fraction of sp³-hybridized carbons (Fsp3) is 0.107. The molecule has 0 unspecified atom stereocenters. The van der Waals surface area contributed by atoms with Crippen LogP contribution in [0.25, 0.3) is 6.08 Å². The van der Waals surface area contributed by atoms with Crippen LogP contribution in [0, 0.1) is 0 Å². The van der Waals surface area contributed by atoms with Crippen LogP contribution in [0.15, 0.2) is 108 Å². The number of hydrogen-bond acceptors (Lipinski definition) is 4. The van der Waals surface area contributed by atoms with E-state index >= 15 is 0 Å². The number of hydrazone groups is 1. The summed E-state index contributed by atoms with van der Waals surface area (Å²) in [6.07, 6.45) is 7.48. The third kappa shape index (κ3) is 7.60. The van der Waals surface area contributed by atoms with Crippen LogP contribution in [-0.4, -0.2) is 24.6 Å². The summed E-state index contributed by atoms with van der Waals surface area (Å²) in [6.45, 7) is 2.62. The quantitative estimate of drug-likeness (QED) is 0.197. The highest BCUT2D eigenvalue weighted by atomic mass is 16.5. The monoisotopic (exact) mass is 453 g/mol. The minimum Gasteiger partial charge on any atom is -0.493 e. The molecule has 3 rings (SSSR count). The molecule has 3 aromatic carbocycles. The van der Waals surface area contributed by atoms with Crippen LogP contribution in [0.5, 0.6) is 5.75 Å². The average Bonchev–Trinajstić information content (AvgIpc) is 2.88. The molecule has 0 saturated heterocycles. The lowest BCUT2D eigenvalue weighted by atomic mass is 10.2. The largest absolute Gasteiger partial charge is 0.493 e. The third-order valence-electron chi connectivity index (χ3n) is 4.63. The van der Waals surface area contributed by atoms with Crippen molar-refractivity contribution >= 4 is 24.1 Å². The Bertz CT molecular complexity index is 1170. The number of rotatable bonds is 10. The molecule has 0 aromatic heterocycles. The molecule has 0 spiro atoms. The maximum absolute atomic E-state index is 12.8. The number of nitrogens with zero attached hydrogens (tertiary/aromatic N) is 1. The number of allylic oxidation sites excluding steroid dienone is 2. The average molecular weight is 454 g/mol. The van der Waals surface area contributed by atoms with E-state index in [0.717, 1.165) is 17.5 Å². The lowest BCUT2D eigenvalue weighted by molar-refractivity contribution is -0.117. The second-order valence-corrected chi connectivity index (χ2v) is 7.26. The maximum atomic E-state index is 12.8. The lowest BCUT2D eigenvalue weighted by Gasteiger charge is -2.09. The van der Waals surface area contributed by atoms with E-state index in [1.807, 2.05) is 73.7 Å². The van der Waals surface area contributed by atoms with Crippen molar-refractivity contribution in [1.82, 2.24) is 10.7 Å². The van der Waals surface area contributed by atoms with Gasteiger partial charge >= 0.3 is 0 Å². The first kappa shape index (κ1) is 24.2. The Balaban J connectivity index is 1.75. The molecule has 172 valence electrons. The van der Waals surface area contributed by atoms with Crippen LogP contribution < -0.4 is 15.5 Å². The number of carbonyl (C=O) groups excluding carboxylic acids is 2. The van der Waals surface area contributed by atoms with Gasteiger partial charge in [-0.3, -0.25) is 9.59 Å². The highest BCUT2D eigenvalue weighted by Crippen LogP contribution is 2.16. The van der Waals surface area contributed by atoms with Crippen molar-refractivity contribution in [3.05, 3.63) is 119 Å². The van der Waals surface area contributed by atoms with Crippen molar-refractivity contribution < 1.29 is 14.3 Å². The Morgan fingerprint density at radius 2 is 1.59 bits per heavy atom. The normalized spacial score (nSPS) is 11.5. The van der Waals surface area contributed by atoms with Gasteiger partial charge < -0.3 is 10.1 Å². The summed E-state index contributed by atoms with van der Waals surface area (Å²) < 4.78 is 5.71. The molecule has 6 nitrogen and oxygen atoms in total. The van der Waals surface area contributed by atoms with Gasteiger partial charge in [-0.2, -0.15) is 5.10 Å². The summed E-state index contributed by atoms with van der Waals surface area (Å²) in [5, 5.41) is 6.72.